The Balaban J connectivity index is 2.22. The quantitative estimate of drug-likeness (QED) is 0.499. The minimum atomic E-state index is 0.117. The van der Waals surface area contributed by atoms with Crippen molar-refractivity contribution in [3.05, 3.63) is 0 Å². The zero-order valence-electron chi connectivity index (χ0n) is 5.80. The average Bonchev–Trinajstić information content (AvgIpc) is 2.21. The van der Waals surface area contributed by atoms with Gasteiger partial charge in [0.2, 0.25) is 0 Å². The molecule has 0 saturated heterocycles. The van der Waals surface area contributed by atoms with Gasteiger partial charge in [0, 0.05) is 24.7 Å². The molecule has 54 valence electrons. The van der Waals surface area contributed by atoms with Crippen LogP contribution in [0.2, 0.25) is 0 Å². The molecule has 2 rings (SSSR count). The van der Waals surface area contributed by atoms with Gasteiger partial charge in [-0.05, 0) is 12.8 Å². The minimum absolute atomic E-state index is 0.117. The van der Waals surface area contributed by atoms with Crippen LogP contribution in [0.1, 0.15) is 25.7 Å². The van der Waals surface area contributed by atoms with Crippen LogP contribution in [0.4, 0.5) is 0 Å². The number of carbonyl (C=O) groups is 2. The molecule has 2 bridgehead atoms. The van der Waals surface area contributed by atoms with E-state index < -0.39 is 0 Å². The molecule has 0 spiro atoms. The molecular formula is C8H10O2. The third-order valence-corrected chi connectivity index (χ3v) is 2.67. The summed E-state index contributed by atoms with van der Waals surface area (Å²) in [5.74, 6) is 1.02. The first-order valence-corrected chi connectivity index (χ1v) is 3.83. The van der Waals surface area contributed by atoms with Crippen molar-refractivity contribution in [2.75, 3.05) is 0 Å². The first-order valence-electron chi connectivity index (χ1n) is 3.83. The van der Waals surface area contributed by atoms with Gasteiger partial charge in [0.05, 0.1) is 0 Å². The molecule has 2 nitrogen and oxygen atoms in total. The molecule has 10 heavy (non-hydrogen) atoms. The number of hydrogen-bond acceptors (Lipinski definition) is 2. The lowest BCUT2D eigenvalue weighted by Crippen LogP contribution is -2.17. The second kappa shape index (κ2) is 1.91. The molecule has 2 saturated carbocycles. The summed E-state index contributed by atoms with van der Waals surface area (Å²) in [6.07, 6.45) is 2.89. The van der Waals surface area contributed by atoms with E-state index in [4.69, 9.17) is 0 Å². The number of Topliss-reactive ketones (excluding diaryl/α,β-unsaturated/α-hetero) is 2. The van der Waals surface area contributed by atoms with E-state index in [0.717, 1.165) is 12.8 Å². The van der Waals surface area contributed by atoms with Gasteiger partial charge in [-0.15, -0.1) is 0 Å². The van der Waals surface area contributed by atoms with Crippen molar-refractivity contribution in [3.63, 3.8) is 0 Å². The Bertz CT molecular complexity index is 193. The van der Waals surface area contributed by atoms with Gasteiger partial charge in [0.25, 0.3) is 0 Å². The van der Waals surface area contributed by atoms with E-state index in [0.29, 0.717) is 24.4 Å². The highest BCUT2D eigenvalue weighted by atomic mass is 16.1. The average molecular weight is 138 g/mol. The first kappa shape index (κ1) is 6.08. The van der Waals surface area contributed by atoms with Crippen LogP contribution in [-0.2, 0) is 9.59 Å². The van der Waals surface area contributed by atoms with Crippen LogP contribution in [0.5, 0.6) is 0 Å². The van der Waals surface area contributed by atoms with Crippen molar-refractivity contribution < 1.29 is 9.59 Å². The van der Waals surface area contributed by atoms with Crippen molar-refractivity contribution >= 4 is 11.6 Å². The van der Waals surface area contributed by atoms with Crippen molar-refractivity contribution in [1.29, 1.82) is 0 Å². The third kappa shape index (κ3) is 0.713. The second-order valence-corrected chi connectivity index (χ2v) is 3.30. The van der Waals surface area contributed by atoms with Crippen LogP contribution in [0.3, 0.4) is 0 Å². The van der Waals surface area contributed by atoms with Crippen molar-refractivity contribution in [2.24, 2.45) is 11.8 Å². The van der Waals surface area contributed by atoms with Crippen LogP contribution >= 0.6 is 0 Å². The van der Waals surface area contributed by atoms with Gasteiger partial charge in [-0.1, -0.05) is 0 Å². The Morgan fingerprint density at radius 2 is 1.90 bits per heavy atom. The minimum Gasteiger partial charge on any atom is -0.299 e. The summed E-state index contributed by atoms with van der Waals surface area (Å²) in [5, 5.41) is 0. The van der Waals surface area contributed by atoms with Crippen molar-refractivity contribution in [3.8, 4) is 0 Å². The summed E-state index contributed by atoms with van der Waals surface area (Å²) in [7, 11) is 0. The van der Waals surface area contributed by atoms with Gasteiger partial charge in [-0.3, -0.25) is 9.59 Å². The zero-order valence-corrected chi connectivity index (χ0v) is 5.80. The lowest BCUT2D eigenvalue weighted by atomic mass is 9.88. The third-order valence-electron chi connectivity index (χ3n) is 2.67. The van der Waals surface area contributed by atoms with Gasteiger partial charge >= 0.3 is 0 Å². The Kier molecular flexibility index (Phi) is 1.16. The topological polar surface area (TPSA) is 34.1 Å². The highest BCUT2D eigenvalue weighted by Gasteiger charge is 2.39. The Labute approximate surface area is 59.6 Å². The van der Waals surface area contributed by atoms with E-state index in [9.17, 15) is 9.59 Å². The molecule has 0 aliphatic heterocycles. The molecule has 2 heteroatoms. The lowest BCUT2D eigenvalue weighted by molar-refractivity contribution is -0.124. The summed E-state index contributed by atoms with van der Waals surface area (Å²) >= 11 is 0. The number of fused-ring (bicyclic) bond motifs is 2. The molecule has 0 aromatic heterocycles. The molecule has 2 atom stereocenters. The van der Waals surface area contributed by atoms with Crippen molar-refractivity contribution in [2.45, 2.75) is 25.7 Å². The van der Waals surface area contributed by atoms with Gasteiger partial charge < -0.3 is 0 Å². The first-order chi connectivity index (χ1) is 4.77. The van der Waals surface area contributed by atoms with Gasteiger partial charge in [0.15, 0.2) is 0 Å². The van der Waals surface area contributed by atoms with E-state index in [-0.39, 0.29) is 11.8 Å². The molecule has 0 aromatic carbocycles. The Morgan fingerprint density at radius 1 is 1.10 bits per heavy atom. The van der Waals surface area contributed by atoms with Gasteiger partial charge in [-0.2, -0.15) is 0 Å². The fourth-order valence-corrected chi connectivity index (χ4v) is 2.01. The monoisotopic (exact) mass is 138 g/mol. The second-order valence-electron chi connectivity index (χ2n) is 3.30. The number of rotatable bonds is 0. The summed E-state index contributed by atoms with van der Waals surface area (Å²) in [6, 6.07) is 0. The summed E-state index contributed by atoms with van der Waals surface area (Å²) in [4.78, 5) is 22.1. The van der Waals surface area contributed by atoms with E-state index in [1.807, 2.05) is 0 Å². The largest absolute Gasteiger partial charge is 0.299 e. The van der Waals surface area contributed by atoms with E-state index in [2.05, 4.69) is 0 Å². The molecular weight excluding hydrogens is 128 g/mol. The number of hydrogen-bond donors (Lipinski definition) is 0. The van der Waals surface area contributed by atoms with Crippen LogP contribution in [0, 0.1) is 11.8 Å². The van der Waals surface area contributed by atoms with E-state index in [1.165, 1.54) is 0 Å². The molecule has 2 aliphatic rings. The van der Waals surface area contributed by atoms with E-state index >= 15 is 0 Å². The molecule has 2 fully saturated rings. The maximum Gasteiger partial charge on any atom is 0.136 e. The summed E-state index contributed by atoms with van der Waals surface area (Å²) < 4.78 is 0. The molecule has 0 amide bonds. The molecule has 2 unspecified atom stereocenters. The molecule has 0 aromatic rings. The van der Waals surface area contributed by atoms with E-state index in [1.54, 1.807) is 0 Å². The number of carbonyl (C=O) groups excluding carboxylic acids is 2. The van der Waals surface area contributed by atoms with Crippen LogP contribution in [0.15, 0.2) is 0 Å². The predicted octanol–water partition coefficient (Wildman–Crippen LogP) is 0.945. The maximum atomic E-state index is 11.0. The van der Waals surface area contributed by atoms with Crippen LogP contribution in [-0.4, -0.2) is 11.6 Å². The highest BCUT2D eigenvalue weighted by Crippen LogP contribution is 2.37. The highest BCUT2D eigenvalue weighted by molar-refractivity contribution is 5.94. The molecule has 0 heterocycles. The fourth-order valence-electron chi connectivity index (χ4n) is 2.01. The maximum absolute atomic E-state index is 11.0. The summed E-state index contributed by atoms with van der Waals surface area (Å²) in [5.41, 5.74) is 0. The van der Waals surface area contributed by atoms with Gasteiger partial charge in [-0.25, -0.2) is 0 Å². The van der Waals surface area contributed by atoms with Crippen LogP contribution in [0.25, 0.3) is 0 Å². The fraction of sp³-hybridized carbons (Fsp3) is 0.750. The molecule has 2 aliphatic carbocycles. The van der Waals surface area contributed by atoms with Crippen LogP contribution < -0.4 is 0 Å². The Morgan fingerprint density at radius 3 is 2.60 bits per heavy atom. The molecule has 0 radical (unpaired) electrons. The summed E-state index contributed by atoms with van der Waals surface area (Å²) in [6.45, 7) is 0. The lowest BCUT2D eigenvalue weighted by Gasteiger charge is -2.14. The Hall–Kier alpha value is -0.660. The zero-order chi connectivity index (χ0) is 7.14. The predicted molar refractivity (Wildman–Crippen MR) is 35.5 cm³/mol. The smallest absolute Gasteiger partial charge is 0.136 e. The normalized spacial score (nSPS) is 38.8. The number of ketones is 2. The standard InChI is InChI=1S/C8H10O2/c9-7-2-1-5-3-6(7)4-8(5)10/h5-6H,1-4H2. The van der Waals surface area contributed by atoms with Crippen molar-refractivity contribution in [1.82, 2.24) is 0 Å². The van der Waals surface area contributed by atoms with Gasteiger partial charge in [0.1, 0.15) is 11.6 Å². The molecule has 0 N–H and O–H groups in total. The SMILES string of the molecule is O=C1CC2CC1CCC2=O.